The minimum Gasteiger partial charge on any atom is -0.481 e. The quantitative estimate of drug-likeness (QED) is 0.800. The Morgan fingerprint density at radius 1 is 1.42 bits per heavy atom. The lowest BCUT2D eigenvalue weighted by molar-refractivity contribution is -0.143. The van der Waals surface area contributed by atoms with Gasteiger partial charge in [-0.3, -0.25) is 4.79 Å². The van der Waals surface area contributed by atoms with Crippen molar-refractivity contribution in [3.05, 3.63) is 0 Å². The van der Waals surface area contributed by atoms with Crippen molar-refractivity contribution in [2.24, 2.45) is 5.92 Å². The molecule has 1 saturated carbocycles. The molecule has 0 bridgehead atoms. The van der Waals surface area contributed by atoms with Gasteiger partial charge in [-0.1, -0.05) is 0 Å². The van der Waals surface area contributed by atoms with E-state index in [-0.39, 0.29) is 18.2 Å². The molecule has 0 aromatic rings. The molecule has 6 heteroatoms. The number of hydrogen-bond acceptors (Lipinski definition) is 3. The molecule has 2 rings (SSSR count). The molecule has 2 fully saturated rings. The summed E-state index contributed by atoms with van der Waals surface area (Å²) in [5.41, 5.74) is 0. The Balaban J connectivity index is 1.73. The minimum atomic E-state index is -0.808. The van der Waals surface area contributed by atoms with E-state index in [0.29, 0.717) is 26.1 Å². The average Bonchev–Trinajstić information content (AvgIpc) is 2.36. The summed E-state index contributed by atoms with van der Waals surface area (Å²) in [6, 6.07) is 0.0418. The third kappa shape index (κ3) is 3.59. The highest BCUT2D eigenvalue weighted by molar-refractivity contribution is 5.76. The highest BCUT2D eigenvalue weighted by Gasteiger charge is 2.33. The molecule has 2 N–H and O–H groups in total. The van der Waals surface area contributed by atoms with Crippen molar-refractivity contribution in [2.45, 2.75) is 44.8 Å². The average molecular weight is 270 g/mol. The SMILES string of the molecule is CCOC1CC(NC(=O)N2CCC[C@@H](C(=O)O)C2)C1. The fourth-order valence-electron chi connectivity index (χ4n) is 2.68. The van der Waals surface area contributed by atoms with Crippen LogP contribution in [0, 0.1) is 5.92 Å². The van der Waals surface area contributed by atoms with Gasteiger partial charge in [0.05, 0.1) is 12.0 Å². The van der Waals surface area contributed by atoms with Crippen LogP contribution in [-0.2, 0) is 9.53 Å². The van der Waals surface area contributed by atoms with Gasteiger partial charge in [0.15, 0.2) is 0 Å². The van der Waals surface area contributed by atoms with Crippen LogP contribution in [-0.4, -0.2) is 53.8 Å². The molecular formula is C13H22N2O4. The fraction of sp³-hybridized carbons (Fsp3) is 0.846. The fourth-order valence-corrected chi connectivity index (χ4v) is 2.68. The molecular weight excluding hydrogens is 248 g/mol. The minimum absolute atomic E-state index is 0.133. The van der Waals surface area contributed by atoms with Gasteiger partial charge in [-0.05, 0) is 32.6 Å². The number of carbonyl (C=O) groups is 2. The van der Waals surface area contributed by atoms with Crippen LogP contribution in [0.4, 0.5) is 4.79 Å². The molecule has 1 atom stereocenters. The van der Waals surface area contributed by atoms with E-state index in [0.717, 1.165) is 19.3 Å². The lowest BCUT2D eigenvalue weighted by Crippen LogP contribution is -2.54. The highest BCUT2D eigenvalue weighted by atomic mass is 16.5. The van der Waals surface area contributed by atoms with E-state index < -0.39 is 11.9 Å². The van der Waals surface area contributed by atoms with E-state index in [9.17, 15) is 9.59 Å². The number of ether oxygens (including phenoxy) is 1. The van der Waals surface area contributed by atoms with Crippen molar-refractivity contribution >= 4 is 12.0 Å². The Kier molecular flexibility index (Phi) is 4.63. The second-order valence-electron chi connectivity index (χ2n) is 5.32. The van der Waals surface area contributed by atoms with Gasteiger partial charge in [-0.2, -0.15) is 0 Å². The number of nitrogens with one attached hydrogen (secondary N) is 1. The first-order valence-electron chi connectivity index (χ1n) is 7.00. The summed E-state index contributed by atoms with van der Waals surface area (Å²) in [4.78, 5) is 24.6. The maximum Gasteiger partial charge on any atom is 0.317 e. The monoisotopic (exact) mass is 270 g/mol. The van der Waals surface area contributed by atoms with Gasteiger partial charge in [0.25, 0.3) is 0 Å². The lowest BCUT2D eigenvalue weighted by Gasteiger charge is -2.38. The van der Waals surface area contributed by atoms with Crippen molar-refractivity contribution in [3.8, 4) is 0 Å². The number of urea groups is 1. The molecule has 108 valence electrons. The topological polar surface area (TPSA) is 78.9 Å². The number of aliphatic carboxylic acids is 1. The lowest BCUT2D eigenvalue weighted by atomic mass is 9.89. The number of rotatable bonds is 4. The zero-order valence-corrected chi connectivity index (χ0v) is 11.3. The molecule has 0 unspecified atom stereocenters. The smallest absolute Gasteiger partial charge is 0.317 e. The third-order valence-electron chi connectivity index (χ3n) is 3.88. The summed E-state index contributed by atoms with van der Waals surface area (Å²) in [6.45, 7) is 3.64. The molecule has 0 radical (unpaired) electrons. The van der Waals surface area contributed by atoms with Crippen LogP contribution < -0.4 is 5.32 Å². The molecule has 1 aliphatic heterocycles. The van der Waals surface area contributed by atoms with Crippen molar-refractivity contribution in [3.63, 3.8) is 0 Å². The van der Waals surface area contributed by atoms with Crippen molar-refractivity contribution in [1.82, 2.24) is 10.2 Å². The predicted molar refractivity (Wildman–Crippen MR) is 68.9 cm³/mol. The van der Waals surface area contributed by atoms with Gasteiger partial charge in [-0.15, -0.1) is 0 Å². The molecule has 2 aliphatic rings. The maximum atomic E-state index is 12.0. The Bertz CT molecular complexity index is 342. The standard InChI is InChI=1S/C13H22N2O4/c1-2-19-11-6-10(7-11)14-13(18)15-5-3-4-9(8-15)12(16)17/h9-11H,2-8H2,1H3,(H,14,18)(H,16,17)/t9-,10?,11?/m1/s1. The molecule has 1 aliphatic carbocycles. The van der Waals surface area contributed by atoms with Gasteiger partial charge in [0.1, 0.15) is 0 Å². The largest absolute Gasteiger partial charge is 0.481 e. The number of hydrogen-bond donors (Lipinski definition) is 2. The summed E-state index contributed by atoms with van der Waals surface area (Å²) < 4.78 is 5.44. The Morgan fingerprint density at radius 2 is 2.16 bits per heavy atom. The predicted octanol–water partition coefficient (Wildman–Crippen LogP) is 1.06. The van der Waals surface area contributed by atoms with E-state index in [1.165, 1.54) is 0 Å². The van der Waals surface area contributed by atoms with Crippen LogP contribution >= 0.6 is 0 Å². The molecule has 0 aromatic carbocycles. The van der Waals surface area contributed by atoms with Gasteiger partial charge < -0.3 is 20.1 Å². The number of carbonyl (C=O) groups excluding carboxylic acids is 1. The Hall–Kier alpha value is -1.30. The van der Waals surface area contributed by atoms with Crippen molar-refractivity contribution in [1.29, 1.82) is 0 Å². The van der Waals surface area contributed by atoms with E-state index in [1.807, 2.05) is 6.92 Å². The number of piperidine rings is 1. The number of carboxylic acid groups (broad SMARTS) is 1. The Morgan fingerprint density at radius 3 is 2.79 bits per heavy atom. The summed E-state index contributed by atoms with van der Waals surface area (Å²) in [7, 11) is 0. The second kappa shape index (κ2) is 6.23. The second-order valence-corrected chi connectivity index (χ2v) is 5.32. The van der Waals surface area contributed by atoms with E-state index in [1.54, 1.807) is 4.90 Å². The third-order valence-corrected chi connectivity index (χ3v) is 3.88. The molecule has 0 spiro atoms. The van der Waals surface area contributed by atoms with Crippen LogP contribution in [0.5, 0.6) is 0 Å². The van der Waals surface area contributed by atoms with Gasteiger partial charge in [0.2, 0.25) is 0 Å². The van der Waals surface area contributed by atoms with E-state index in [2.05, 4.69) is 5.32 Å². The first kappa shape index (κ1) is 14.1. The van der Waals surface area contributed by atoms with Crippen molar-refractivity contribution < 1.29 is 19.4 Å². The molecule has 1 heterocycles. The van der Waals surface area contributed by atoms with Gasteiger partial charge >= 0.3 is 12.0 Å². The number of carboxylic acids is 1. The maximum absolute atomic E-state index is 12.0. The van der Waals surface area contributed by atoms with E-state index >= 15 is 0 Å². The molecule has 6 nitrogen and oxygen atoms in total. The summed E-state index contributed by atoms with van der Waals surface area (Å²) in [6.07, 6.45) is 3.40. The first-order chi connectivity index (χ1) is 9.10. The zero-order valence-electron chi connectivity index (χ0n) is 11.3. The van der Waals surface area contributed by atoms with Crippen LogP contribution in [0.2, 0.25) is 0 Å². The van der Waals surface area contributed by atoms with E-state index in [4.69, 9.17) is 9.84 Å². The summed E-state index contributed by atoms with van der Waals surface area (Å²) in [5.74, 6) is -1.23. The van der Waals surface area contributed by atoms with Crippen LogP contribution in [0.15, 0.2) is 0 Å². The normalized spacial score (nSPS) is 30.6. The number of likely N-dealkylation sites (tertiary alicyclic amines) is 1. The van der Waals surface area contributed by atoms with Crippen molar-refractivity contribution in [2.75, 3.05) is 19.7 Å². The Labute approximate surface area is 113 Å². The first-order valence-corrected chi connectivity index (χ1v) is 7.00. The highest BCUT2D eigenvalue weighted by Crippen LogP contribution is 2.24. The van der Waals surface area contributed by atoms with Crippen LogP contribution in [0.25, 0.3) is 0 Å². The van der Waals surface area contributed by atoms with Gasteiger partial charge in [0, 0.05) is 25.7 Å². The zero-order chi connectivity index (χ0) is 13.8. The summed E-state index contributed by atoms with van der Waals surface area (Å²) in [5, 5.41) is 11.9. The van der Waals surface area contributed by atoms with Crippen LogP contribution in [0.1, 0.15) is 32.6 Å². The number of nitrogens with zero attached hydrogens (tertiary/aromatic N) is 1. The van der Waals surface area contributed by atoms with Crippen LogP contribution in [0.3, 0.4) is 0 Å². The molecule has 0 aromatic heterocycles. The summed E-state index contributed by atoms with van der Waals surface area (Å²) >= 11 is 0. The molecule has 19 heavy (non-hydrogen) atoms. The molecule has 2 amide bonds. The van der Waals surface area contributed by atoms with Gasteiger partial charge in [-0.25, -0.2) is 4.79 Å². The number of amides is 2. The molecule has 1 saturated heterocycles.